The van der Waals surface area contributed by atoms with Gasteiger partial charge in [-0.25, -0.2) is 0 Å². The molecule has 3 atom stereocenters. The van der Waals surface area contributed by atoms with E-state index in [0.29, 0.717) is 0 Å². The Kier molecular flexibility index (Phi) is 2.07. The number of carboxylic acids is 1. The zero-order valence-corrected chi connectivity index (χ0v) is 7.33. The molecule has 0 heterocycles. The van der Waals surface area contributed by atoms with Crippen LogP contribution >= 0.6 is 0 Å². The first-order chi connectivity index (χ1) is 5.75. The number of carboxylic acid groups (broad SMARTS) is 1. The molecule has 12 heavy (non-hydrogen) atoms. The highest BCUT2D eigenvalue weighted by molar-refractivity contribution is 5.70. The van der Waals surface area contributed by atoms with Crippen LogP contribution in [0.15, 0.2) is 0 Å². The van der Waals surface area contributed by atoms with Crippen molar-refractivity contribution in [1.82, 2.24) is 0 Å². The van der Waals surface area contributed by atoms with Crippen molar-refractivity contribution in [3.05, 3.63) is 0 Å². The summed E-state index contributed by atoms with van der Waals surface area (Å²) in [6.45, 7) is 0. The van der Waals surface area contributed by atoms with Crippen molar-refractivity contribution < 1.29 is 9.90 Å². The minimum absolute atomic E-state index is 0.0194. The van der Waals surface area contributed by atoms with Gasteiger partial charge in [0.15, 0.2) is 0 Å². The normalized spacial score (nSPS) is 40.8. The summed E-state index contributed by atoms with van der Waals surface area (Å²) in [6.07, 6.45) is 7.10. The van der Waals surface area contributed by atoms with E-state index < -0.39 is 5.97 Å². The molecular weight excluding hydrogens is 152 g/mol. The first kappa shape index (κ1) is 8.09. The minimum atomic E-state index is -0.563. The Balaban J connectivity index is 2.00. The molecule has 0 aromatic heterocycles. The van der Waals surface area contributed by atoms with Gasteiger partial charge in [0, 0.05) is 0 Å². The van der Waals surface area contributed by atoms with Crippen LogP contribution in [0, 0.1) is 17.8 Å². The Morgan fingerprint density at radius 1 is 1.08 bits per heavy atom. The summed E-state index contributed by atoms with van der Waals surface area (Å²) in [6, 6.07) is 0. The zero-order chi connectivity index (χ0) is 8.55. The molecule has 2 aliphatic carbocycles. The quantitative estimate of drug-likeness (QED) is 0.652. The first-order valence-electron chi connectivity index (χ1n) is 4.98. The summed E-state index contributed by atoms with van der Waals surface area (Å²) in [5.41, 5.74) is 0. The van der Waals surface area contributed by atoms with Crippen molar-refractivity contribution in [1.29, 1.82) is 0 Å². The number of hydrogen-bond donors (Lipinski definition) is 1. The third-order valence-electron chi connectivity index (χ3n) is 3.48. The predicted molar refractivity (Wildman–Crippen MR) is 45.8 cm³/mol. The van der Waals surface area contributed by atoms with E-state index in [0.717, 1.165) is 24.7 Å². The molecule has 0 saturated heterocycles. The van der Waals surface area contributed by atoms with Crippen molar-refractivity contribution in [3.8, 4) is 0 Å². The molecule has 0 spiro atoms. The van der Waals surface area contributed by atoms with Crippen LogP contribution in [-0.4, -0.2) is 11.1 Å². The molecule has 0 amide bonds. The number of fused-ring (bicyclic) bond motifs is 2. The van der Waals surface area contributed by atoms with Gasteiger partial charge in [-0.2, -0.15) is 0 Å². The molecule has 2 aliphatic rings. The molecule has 2 nitrogen and oxygen atoms in total. The Bertz CT molecular complexity index is 176. The number of rotatable bonds is 1. The van der Waals surface area contributed by atoms with Gasteiger partial charge in [-0.3, -0.25) is 4.79 Å². The lowest BCUT2D eigenvalue weighted by atomic mass is 9.68. The summed E-state index contributed by atoms with van der Waals surface area (Å²) < 4.78 is 0. The lowest BCUT2D eigenvalue weighted by Gasteiger charge is -2.37. The van der Waals surface area contributed by atoms with E-state index in [1.54, 1.807) is 0 Å². The summed E-state index contributed by atoms with van der Waals surface area (Å²) >= 11 is 0. The summed E-state index contributed by atoms with van der Waals surface area (Å²) in [4.78, 5) is 10.8. The third kappa shape index (κ3) is 1.47. The van der Waals surface area contributed by atoms with E-state index in [-0.39, 0.29) is 5.92 Å². The standard InChI is InChI=1S/C10H16O2/c11-10(12)9-5-7-2-1-3-8(4-7)6-9/h7-9H,1-6H2,(H,11,12)/t7-,8+,9?. The predicted octanol–water partition coefficient (Wildman–Crippen LogP) is 2.29. The highest BCUT2D eigenvalue weighted by atomic mass is 16.4. The van der Waals surface area contributed by atoms with E-state index in [2.05, 4.69) is 0 Å². The number of carbonyl (C=O) groups is 1. The van der Waals surface area contributed by atoms with Crippen molar-refractivity contribution >= 4 is 5.97 Å². The monoisotopic (exact) mass is 168 g/mol. The van der Waals surface area contributed by atoms with Gasteiger partial charge >= 0.3 is 5.97 Å². The Hall–Kier alpha value is -0.530. The smallest absolute Gasteiger partial charge is 0.306 e. The van der Waals surface area contributed by atoms with Crippen LogP contribution in [0.3, 0.4) is 0 Å². The maximum atomic E-state index is 10.8. The lowest BCUT2D eigenvalue weighted by molar-refractivity contribution is -0.144. The van der Waals surface area contributed by atoms with Crippen molar-refractivity contribution in [2.45, 2.75) is 38.5 Å². The van der Waals surface area contributed by atoms with Crippen molar-refractivity contribution in [2.75, 3.05) is 0 Å². The molecule has 2 heteroatoms. The van der Waals surface area contributed by atoms with Crippen LogP contribution in [0.4, 0.5) is 0 Å². The molecule has 1 N–H and O–H groups in total. The lowest BCUT2D eigenvalue weighted by Crippen LogP contribution is -2.30. The van der Waals surface area contributed by atoms with E-state index >= 15 is 0 Å². The van der Waals surface area contributed by atoms with Crippen LogP contribution in [0.5, 0.6) is 0 Å². The molecule has 2 rings (SSSR count). The van der Waals surface area contributed by atoms with E-state index in [1.165, 1.54) is 25.7 Å². The van der Waals surface area contributed by atoms with Gasteiger partial charge in [0.05, 0.1) is 5.92 Å². The fourth-order valence-corrected chi connectivity index (χ4v) is 2.93. The second kappa shape index (κ2) is 3.08. The van der Waals surface area contributed by atoms with Gasteiger partial charge in [-0.1, -0.05) is 19.3 Å². The van der Waals surface area contributed by atoms with Gasteiger partial charge in [0.1, 0.15) is 0 Å². The average molecular weight is 168 g/mol. The van der Waals surface area contributed by atoms with Crippen LogP contribution < -0.4 is 0 Å². The highest BCUT2D eigenvalue weighted by Gasteiger charge is 2.34. The zero-order valence-electron chi connectivity index (χ0n) is 7.33. The Morgan fingerprint density at radius 3 is 2.17 bits per heavy atom. The van der Waals surface area contributed by atoms with Crippen molar-refractivity contribution in [3.63, 3.8) is 0 Å². The van der Waals surface area contributed by atoms with Crippen LogP contribution in [0.25, 0.3) is 0 Å². The molecule has 0 aromatic rings. The fraction of sp³-hybridized carbons (Fsp3) is 0.900. The fourth-order valence-electron chi connectivity index (χ4n) is 2.93. The first-order valence-corrected chi connectivity index (χ1v) is 4.98. The topological polar surface area (TPSA) is 37.3 Å². The molecule has 2 fully saturated rings. The molecule has 2 bridgehead atoms. The van der Waals surface area contributed by atoms with E-state index in [1.807, 2.05) is 0 Å². The van der Waals surface area contributed by atoms with Gasteiger partial charge < -0.3 is 5.11 Å². The Morgan fingerprint density at radius 2 is 1.67 bits per heavy atom. The number of hydrogen-bond acceptors (Lipinski definition) is 1. The second-order valence-electron chi connectivity index (χ2n) is 4.41. The molecule has 68 valence electrons. The maximum absolute atomic E-state index is 10.8. The Labute approximate surface area is 73.0 Å². The van der Waals surface area contributed by atoms with Gasteiger partial charge in [-0.05, 0) is 31.1 Å². The van der Waals surface area contributed by atoms with Crippen molar-refractivity contribution in [2.24, 2.45) is 17.8 Å². The van der Waals surface area contributed by atoms with Crippen LogP contribution in [-0.2, 0) is 4.79 Å². The van der Waals surface area contributed by atoms with Gasteiger partial charge in [-0.15, -0.1) is 0 Å². The number of aliphatic carboxylic acids is 1. The summed E-state index contributed by atoms with van der Waals surface area (Å²) in [5, 5.41) is 8.89. The largest absolute Gasteiger partial charge is 0.481 e. The molecule has 0 aromatic carbocycles. The van der Waals surface area contributed by atoms with Gasteiger partial charge in [0.2, 0.25) is 0 Å². The molecular formula is C10H16O2. The van der Waals surface area contributed by atoms with Gasteiger partial charge in [0.25, 0.3) is 0 Å². The van der Waals surface area contributed by atoms with Crippen LogP contribution in [0.2, 0.25) is 0 Å². The maximum Gasteiger partial charge on any atom is 0.306 e. The average Bonchev–Trinajstić information content (AvgIpc) is 2.03. The summed E-state index contributed by atoms with van der Waals surface area (Å²) in [7, 11) is 0. The van der Waals surface area contributed by atoms with E-state index in [9.17, 15) is 4.79 Å². The SMILES string of the molecule is O=C(O)C1C[C@H]2CCC[C@@H](C1)C2. The molecule has 0 radical (unpaired) electrons. The third-order valence-corrected chi connectivity index (χ3v) is 3.48. The minimum Gasteiger partial charge on any atom is -0.481 e. The highest BCUT2D eigenvalue weighted by Crippen LogP contribution is 2.42. The van der Waals surface area contributed by atoms with E-state index in [4.69, 9.17) is 5.11 Å². The second-order valence-corrected chi connectivity index (χ2v) is 4.41. The van der Waals surface area contributed by atoms with Crippen LogP contribution in [0.1, 0.15) is 38.5 Å². The summed E-state index contributed by atoms with van der Waals surface area (Å²) in [5.74, 6) is 0.887. The molecule has 0 aliphatic heterocycles. The molecule has 1 unspecified atom stereocenters. The molecule has 2 saturated carbocycles.